The Balaban J connectivity index is 1.09. The van der Waals surface area contributed by atoms with E-state index in [1.165, 1.54) is 35.7 Å². The first kappa shape index (κ1) is 31.1. The molecular formula is C30H36O6S4. The van der Waals surface area contributed by atoms with Gasteiger partial charge >= 0.3 is 11.9 Å². The third-order valence-corrected chi connectivity index (χ3v) is 9.89. The molecule has 6 unspecified atom stereocenters. The number of carbonyl (C=O) groups is 2. The fourth-order valence-electron chi connectivity index (χ4n) is 5.31. The van der Waals surface area contributed by atoms with Crippen LogP contribution >= 0.6 is 48.0 Å². The van der Waals surface area contributed by atoms with Gasteiger partial charge in [-0.3, -0.25) is 0 Å². The lowest BCUT2D eigenvalue weighted by molar-refractivity contribution is -0.140. The van der Waals surface area contributed by atoms with Crippen molar-refractivity contribution in [3.05, 3.63) is 60.8 Å². The maximum absolute atomic E-state index is 11.9. The monoisotopic (exact) mass is 620 g/mol. The van der Waals surface area contributed by atoms with Gasteiger partial charge in [0.05, 0.1) is 0 Å². The molecule has 2 saturated heterocycles. The van der Waals surface area contributed by atoms with Gasteiger partial charge in [0.1, 0.15) is 25.4 Å². The average molecular weight is 621 g/mol. The molecule has 6 atom stereocenters. The Kier molecular flexibility index (Phi) is 12.8. The molecule has 2 heterocycles. The van der Waals surface area contributed by atoms with Crippen molar-refractivity contribution in [2.75, 3.05) is 24.7 Å². The molecule has 10 heteroatoms. The number of hydrogen-bond acceptors (Lipinski definition) is 10. The zero-order chi connectivity index (χ0) is 28.2. The van der Waals surface area contributed by atoms with Gasteiger partial charge in [0.2, 0.25) is 8.77 Å². The zero-order valence-corrected chi connectivity index (χ0v) is 25.7. The van der Waals surface area contributed by atoms with Crippen molar-refractivity contribution in [3.8, 4) is 0 Å². The second kappa shape index (κ2) is 16.5. The van der Waals surface area contributed by atoms with Crippen molar-refractivity contribution in [2.24, 2.45) is 23.7 Å². The molecule has 0 aromatic rings. The number of fused-ring (bicyclic) bond motifs is 1. The highest BCUT2D eigenvalue weighted by Gasteiger charge is 2.40. The summed E-state index contributed by atoms with van der Waals surface area (Å²) < 4.78 is 22.2. The third-order valence-electron chi connectivity index (χ3n) is 7.25. The first-order chi connectivity index (χ1) is 19.5. The van der Waals surface area contributed by atoms with Gasteiger partial charge in [-0.25, -0.2) is 9.59 Å². The molecule has 216 valence electrons. The number of rotatable bonds is 14. The van der Waals surface area contributed by atoms with Gasteiger partial charge in [0.15, 0.2) is 0 Å². The van der Waals surface area contributed by atoms with Crippen LogP contribution in [0.25, 0.3) is 0 Å². The Labute approximate surface area is 256 Å². The van der Waals surface area contributed by atoms with Crippen molar-refractivity contribution in [1.82, 2.24) is 0 Å². The average Bonchev–Trinajstić information content (AvgIpc) is 3.73. The van der Waals surface area contributed by atoms with Crippen LogP contribution in [0.2, 0.25) is 0 Å². The van der Waals surface area contributed by atoms with E-state index < -0.39 is 0 Å². The summed E-state index contributed by atoms with van der Waals surface area (Å²) in [5.41, 5.74) is 0. The molecule has 0 bridgehead atoms. The van der Waals surface area contributed by atoms with Gasteiger partial charge in [-0.15, -0.1) is 0 Å². The van der Waals surface area contributed by atoms with Crippen LogP contribution in [-0.4, -0.2) is 57.6 Å². The molecule has 4 rings (SSSR count). The minimum absolute atomic E-state index is 0.133. The van der Waals surface area contributed by atoms with E-state index >= 15 is 0 Å². The number of esters is 2. The van der Waals surface area contributed by atoms with E-state index in [-0.39, 0.29) is 37.4 Å². The highest BCUT2D eigenvalue weighted by atomic mass is 32.2. The van der Waals surface area contributed by atoms with Crippen LogP contribution in [0.3, 0.4) is 0 Å². The fourth-order valence-corrected chi connectivity index (χ4v) is 7.38. The van der Waals surface area contributed by atoms with Crippen LogP contribution in [0.4, 0.5) is 0 Å². The third kappa shape index (κ3) is 10.2. The smallest absolute Gasteiger partial charge is 0.330 e. The molecule has 4 aliphatic rings. The molecule has 6 nitrogen and oxygen atoms in total. The molecule has 0 radical (unpaired) electrons. The van der Waals surface area contributed by atoms with Gasteiger partial charge in [0, 0.05) is 23.7 Å². The number of allylic oxidation sites excluding steroid dienone is 8. The van der Waals surface area contributed by atoms with Crippen molar-refractivity contribution in [2.45, 2.75) is 50.7 Å². The molecule has 3 fully saturated rings. The molecule has 1 saturated carbocycles. The lowest BCUT2D eigenvalue weighted by atomic mass is 9.89. The van der Waals surface area contributed by atoms with E-state index in [1.807, 2.05) is 12.2 Å². The SMILES string of the molecule is O=C(/C=C/CC/C=C/C1CC(/C=C/CC/C=C/C(=O)OCC2CSC(=S)O2)C2CC=CC12)OCC1CSC(=S)O1. The van der Waals surface area contributed by atoms with E-state index in [9.17, 15) is 9.59 Å². The van der Waals surface area contributed by atoms with Gasteiger partial charge in [-0.2, -0.15) is 0 Å². The summed E-state index contributed by atoms with van der Waals surface area (Å²) in [6.45, 7) is 0.475. The van der Waals surface area contributed by atoms with Gasteiger partial charge in [-0.1, -0.05) is 72.1 Å². The summed E-state index contributed by atoms with van der Waals surface area (Å²) in [5, 5.41) is 0. The highest BCUT2D eigenvalue weighted by molar-refractivity contribution is 8.23. The number of hydrogen-bond donors (Lipinski definition) is 0. The summed E-state index contributed by atoms with van der Waals surface area (Å²) in [6, 6.07) is 0. The second-order valence-electron chi connectivity index (χ2n) is 10.1. The predicted octanol–water partition coefficient (Wildman–Crippen LogP) is 6.52. The molecular weight excluding hydrogens is 585 g/mol. The molecule has 2 aliphatic heterocycles. The Hall–Kier alpha value is -1.88. The topological polar surface area (TPSA) is 71.1 Å². The number of thioether (sulfide) groups is 2. The van der Waals surface area contributed by atoms with Gasteiger partial charge in [0.25, 0.3) is 0 Å². The summed E-state index contributed by atoms with van der Waals surface area (Å²) >= 11 is 12.9. The normalized spacial score (nSPS) is 29.7. The standard InChI is InChI=1S/C30H36O6S4/c31-27(33-17-23-19-39-29(37)35-23)14-7-3-1-5-10-21-16-22(26-13-9-12-25(21)26)11-6-2-4-8-15-28(32)34-18-24-20-40-30(38)36-24/h5-12,14-15,21-26H,1-4,13,16-20H2/b10-5+,11-6+,14-7+,15-8+. The lowest BCUT2D eigenvalue weighted by Gasteiger charge is -2.15. The molecule has 2 aliphatic carbocycles. The zero-order valence-electron chi connectivity index (χ0n) is 22.4. The quantitative estimate of drug-likeness (QED) is 0.0705. The summed E-state index contributed by atoms with van der Waals surface area (Å²) in [6.07, 6.45) is 26.1. The Bertz CT molecular complexity index is 1060. The van der Waals surface area contributed by atoms with Crippen LogP contribution in [0.15, 0.2) is 60.8 Å². The summed E-state index contributed by atoms with van der Waals surface area (Å²) in [7, 11) is 0. The van der Waals surface area contributed by atoms with Crippen LogP contribution in [0.5, 0.6) is 0 Å². The number of thiocarbonyl (C=S) groups is 2. The van der Waals surface area contributed by atoms with Crippen LogP contribution < -0.4 is 0 Å². The van der Waals surface area contributed by atoms with Crippen LogP contribution in [-0.2, 0) is 28.5 Å². The van der Waals surface area contributed by atoms with E-state index in [2.05, 4.69) is 36.5 Å². The van der Waals surface area contributed by atoms with E-state index in [0.29, 0.717) is 32.4 Å². The van der Waals surface area contributed by atoms with Crippen molar-refractivity contribution < 1.29 is 28.5 Å². The largest absolute Gasteiger partial charge is 0.471 e. The molecule has 0 aromatic heterocycles. The summed E-state index contributed by atoms with van der Waals surface area (Å²) in [5.74, 6) is 3.19. The minimum atomic E-state index is -0.339. The first-order valence-corrected chi connectivity index (χ1v) is 16.6. The van der Waals surface area contributed by atoms with E-state index in [1.54, 1.807) is 0 Å². The molecule has 40 heavy (non-hydrogen) atoms. The second-order valence-corrected chi connectivity index (χ2v) is 13.4. The highest BCUT2D eigenvalue weighted by Crippen LogP contribution is 2.48. The molecule has 0 amide bonds. The summed E-state index contributed by atoms with van der Waals surface area (Å²) in [4.78, 5) is 23.7. The predicted molar refractivity (Wildman–Crippen MR) is 169 cm³/mol. The maximum atomic E-state index is 11.9. The van der Waals surface area contributed by atoms with E-state index in [4.69, 9.17) is 43.4 Å². The van der Waals surface area contributed by atoms with E-state index in [0.717, 1.165) is 50.0 Å². The number of unbranched alkanes of at least 4 members (excludes halogenated alkanes) is 2. The fraction of sp³-hybridized carbons (Fsp3) is 0.533. The van der Waals surface area contributed by atoms with Crippen molar-refractivity contribution in [3.63, 3.8) is 0 Å². The van der Waals surface area contributed by atoms with Gasteiger partial charge in [-0.05, 0) is 86.6 Å². The van der Waals surface area contributed by atoms with Gasteiger partial charge < -0.3 is 18.9 Å². The van der Waals surface area contributed by atoms with Crippen molar-refractivity contribution >= 4 is 68.7 Å². The maximum Gasteiger partial charge on any atom is 0.330 e. The van der Waals surface area contributed by atoms with Crippen LogP contribution in [0.1, 0.15) is 38.5 Å². The van der Waals surface area contributed by atoms with Crippen LogP contribution in [0, 0.1) is 23.7 Å². The molecule has 0 N–H and O–H groups in total. The molecule has 0 spiro atoms. The Morgan fingerprint density at radius 1 is 0.825 bits per heavy atom. The Morgan fingerprint density at radius 3 is 1.88 bits per heavy atom. The van der Waals surface area contributed by atoms with Crippen molar-refractivity contribution in [1.29, 1.82) is 0 Å². The molecule has 0 aromatic carbocycles. The number of carbonyl (C=O) groups excluding carboxylic acids is 2. The number of ether oxygens (including phenoxy) is 4. The Morgan fingerprint density at radius 2 is 1.35 bits per heavy atom. The first-order valence-electron chi connectivity index (χ1n) is 13.8. The lowest BCUT2D eigenvalue weighted by Crippen LogP contribution is -2.19. The minimum Gasteiger partial charge on any atom is -0.471 e.